The average molecular weight is 322 g/mol. The first-order valence-electron chi connectivity index (χ1n) is 5.55. The Bertz CT molecular complexity index is 734. The Kier molecular flexibility index (Phi) is 2.88. The molecule has 1 aromatic heterocycles. The van der Waals surface area contributed by atoms with Gasteiger partial charge in [-0.2, -0.15) is 0 Å². The van der Waals surface area contributed by atoms with Crippen LogP contribution < -0.4 is 0 Å². The van der Waals surface area contributed by atoms with Gasteiger partial charge >= 0.3 is 0 Å². The number of halogens is 2. The average Bonchev–Trinajstić information content (AvgIpc) is 2.75. The van der Waals surface area contributed by atoms with Crippen LogP contribution in [0.4, 0.5) is 0 Å². The SMILES string of the molecule is Cc1ccc2nc(-c3ccc(Cl)c(Br)c3)[nH]c2c1. The highest BCUT2D eigenvalue weighted by atomic mass is 79.9. The summed E-state index contributed by atoms with van der Waals surface area (Å²) in [4.78, 5) is 7.90. The molecule has 0 fully saturated rings. The Morgan fingerprint density at radius 1 is 1.17 bits per heavy atom. The van der Waals surface area contributed by atoms with Gasteiger partial charge in [-0.15, -0.1) is 0 Å². The summed E-state index contributed by atoms with van der Waals surface area (Å²) in [5.74, 6) is 0.855. The quantitative estimate of drug-likeness (QED) is 0.674. The van der Waals surface area contributed by atoms with E-state index in [0.29, 0.717) is 5.02 Å². The van der Waals surface area contributed by atoms with Crippen molar-refractivity contribution in [2.24, 2.45) is 0 Å². The van der Waals surface area contributed by atoms with Gasteiger partial charge in [-0.3, -0.25) is 0 Å². The zero-order valence-electron chi connectivity index (χ0n) is 9.67. The van der Waals surface area contributed by atoms with Gasteiger partial charge in [0.05, 0.1) is 16.1 Å². The largest absolute Gasteiger partial charge is 0.338 e. The molecule has 4 heteroatoms. The van der Waals surface area contributed by atoms with E-state index in [0.717, 1.165) is 26.9 Å². The molecule has 0 aliphatic rings. The van der Waals surface area contributed by atoms with Gasteiger partial charge in [0.25, 0.3) is 0 Å². The van der Waals surface area contributed by atoms with Crippen molar-refractivity contribution < 1.29 is 0 Å². The van der Waals surface area contributed by atoms with Crippen molar-refractivity contribution in [1.82, 2.24) is 9.97 Å². The van der Waals surface area contributed by atoms with E-state index in [1.165, 1.54) is 5.56 Å². The topological polar surface area (TPSA) is 28.7 Å². The van der Waals surface area contributed by atoms with Crippen LogP contribution in [0.25, 0.3) is 22.4 Å². The maximum atomic E-state index is 5.99. The van der Waals surface area contributed by atoms with Gasteiger partial charge in [-0.25, -0.2) is 4.98 Å². The van der Waals surface area contributed by atoms with Crippen LogP contribution in [0.2, 0.25) is 5.02 Å². The fraction of sp³-hybridized carbons (Fsp3) is 0.0714. The van der Waals surface area contributed by atoms with Gasteiger partial charge in [-0.05, 0) is 58.7 Å². The lowest BCUT2D eigenvalue weighted by Crippen LogP contribution is -1.80. The zero-order valence-corrected chi connectivity index (χ0v) is 12.0. The van der Waals surface area contributed by atoms with Crippen LogP contribution in [-0.4, -0.2) is 9.97 Å². The fourth-order valence-electron chi connectivity index (χ4n) is 1.90. The molecule has 1 N–H and O–H groups in total. The van der Waals surface area contributed by atoms with E-state index in [4.69, 9.17) is 11.6 Å². The van der Waals surface area contributed by atoms with Crippen LogP contribution in [0.3, 0.4) is 0 Å². The van der Waals surface area contributed by atoms with E-state index in [-0.39, 0.29) is 0 Å². The highest BCUT2D eigenvalue weighted by Crippen LogP contribution is 2.28. The summed E-state index contributed by atoms with van der Waals surface area (Å²) in [5.41, 5.74) is 4.26. The summed E-state index contributed by atoms with van der Waals surface area (Å²) in [6, 6.07) is 12.0. The molecular weight excluding hydrogens is 312 g/mol. The molecule has 3 rings (SSSR count). The van der Waals surface area contributed by atoms with Gasteiger partial charge in [0.2, 0.25) is 0 Å². The van der Waals surface area contributed by atoms with E-state index in [1.54, 1.807) is 0 Å². The third-order valence-electron chi connectivity index (χ3n) is 2.83. The summed E-state index contributed by atoms with van der Waals surface area (Å²) in [5, 5.41) is 0.700. The molecule has 1 heterocycles. The molecule has 0 atom stereocenters. The molecule has 0 spiro atoms. The van der Waals surface area contributed by atoms with Gasteiger partial charge in [-0.1, -0.05) is 17.7 Å². The number of rotatable bonds is 1. The molecule has 0 amide bonds. The second-order valence-corrected chi connectivity index (χ2v) is 5.50. The molecule has 0 aliphatic carbocycles. The summed E-state index contributed by atoms with van der Waals surface area (Å²) < 4.78 is 0.873. The maximum Gasteiger partial charge on any atom is 0.138 e. The van der Waals surface area contributed by atoms with Gasteiger partial charge in [0.1, 0.15) is 5.82 Å². The summed E-state index contributed by atoms with van der Waals surface area (Å²) >= 11 is 9.42. The number of aromatic nitrogens is 2. The van der Waals surface area contributed by atoms with E-state index >= 15 is 0 Å². The molecule has 0 unspecified atom stereocenters. The van der Waals surface area contributed by atoms with E-state index in [9.17, 15) is 0 Å². The summed E-state index contributed by atoms with van der Waals surface area (Å²) in [6.07, 6.45) is 0. The highest BCUT2D eigenvalue weighted by molar-refractivity contribution is 9.10. The number of aryl methyl sites for hydroxylation is 1. The molecule has 0 saturated carbocycles. The molecule has 2 aromatic carbocycles. The van der Waals surface area contributed by atoms with E-state index < -0.39 is 0 Å². The number of hydrogen-bond acceptors (Lipinski definition) is 1. The number of H-pyrrole nitrogens is 1. The Hall–Kier alpha value is -1.32. The molecule has 18 heavy (non-hydrogen) atoms. The first-order chi connectivity index (χ1) is 8.63. The normalized spacial score (nSPS) is 11.1. The van der Waals surface area contributed by atoms with Gasteiger partial charge in [0, 0.05) is 10.0 Å². The number of nitrogens with one attached hydrogen (secondary N) is 1. The smallest absolute Gasteiger partial charge is 0.138 e. The zero-order chi connectivity index (χ0) is 12.7. The molecule has 3 aromatic rings. The number of benzene rings is 2. The maximum absolute atomic E-state index is 5.99. The van der Waals surface area contributed by atoms with Crippen molar-refractivity contribution in [2.45, 2.75) is 6.92 Å². The van der Waals surface area contributed by atoms with Crippen molar-refractivity contribution in [3.05, 3.63) is 51.5 Å². The molecule has 0 aliphatic heterocycles. The van der Waals surface area contributed by atoms with Crippen LogP contribution in [-0.2, 0) is 0 Å². The van der Waals surface area contributed by atoms with Crippen LogP contribution in [0.5, 0.6) is 0 Å². The third kappa shape index (κ3) is 2.04. The number of hydrogen-bond donors (Lipinski definition) is 1. The highest BCUT2D eigenvalue weighted by Gasteiger charge is 2.07. The Balaban J connectivity index is 2.16. The van der Waals surface area contributed by atoms with Gasteiger partial charge in [0.15, 0.2) is 0 Å². The Morgan fingerprint density at radius 2 is 2.00 bits per heavy atom. The minimum absolute atomic E-state index is 0.700. The molecule has 2 nitrogen and oxygen atoms in total. The van der Waals surface area contributed by atoms with E-state index in [2.05, 4.69) is 45.0 Å². The predicted octanol–water partition coefficient (Wildman–Crippen LogP) is 4.95. The van der Waals surface area contributed by atoms with Crippen LogP contribution in [0, 0.1) is 6.92 Å². The first-order valence-corrected chi connectivity index (χ1v) is 6.72. The molecule has 90 valence electrons. The second-order valence-electron chi connectivity index (χ2n) is 4.23. The summed E-state index contributed by atoms with van der Waals surface area (Å²) in [6.45, 7) is 2.07. The fourth-order valence-corrected chi connectivity index (χ4v) is 2.40. The number of aromatic amines is 1. The number of imidazole rings is 1. The van der Waals surface area contributed by atoms with Crippen molar-refractivity contribution in [3.63, 3.8) is 0 Å². The van der Waals surface area contributed by atoms with Crippen molar-refractivity contribution in [2.75, 3.05) is 0 Å². The van der Waals surface area contributed by atoms with Crippen molar-refractivity contribution >= 4 is 38.6 Å². The third-order valence-corrected chi connectivity index (χ3v) is 4.04. The lowest BCUT2D eigenvalue weighted by Gasteiger charge is -1.99. The van der Waals surface area contributed by atoms with Crippen molar-refractivity contribution in [1.29, 1.82) is 0 Å². The molecule has 0 radical (unpaired) electrons. The van der Waals surface area contributed by atoms with Crippen LogP contribution in [0.1, 0.15) is 5.56 Å². The minimum atomic E-state index is 0.700. The number of nitrogens with zero attached hydrogens (tertiary/aromatic N) is 1. The predicted molar refractivity (Wildman–Crippen MR) is 79.0 cm³/mol. The molecular formula is C14H10BrClN2. The standard InChI is InChI=1S/C14H10BrClN2/c1-8-2-5-12-13(6-8)18-14(17-12)9-3-4-11(16)10(15)7-9/h2-7H,1H3,(H,17,18). The van der Waals surface area contributed by atoms with E-state index in [1.807, 2.05) is 24.3 Å². The Morgan fingerprint density at radius 3 is 2.78 bits per heavy atom. The lowest BCUT2D eigenvalue weighted by atomic mass is 10.2. The van der Waals surface area contributed by atoms with Crippen LogP contribution >= 0.6 is 27.5 Å². The number of fused-ring (bicyclic) bond motifs is 1. The van der Waals surface area contributed by atoms with Gasteiger partial charge < -0.3 is 4.98 Å². The molecule has 0 bridgehead atoms. The van der Waals surface area contributed by atoms with Crippen LogP contribution in [0.15, 0.2) is 40.9 Å². The minimum Gasteiger partial charge on any atom is -0.338 e. The monoisotopic (exact) mass is 320 g/mol. The molecule has 0 saturated heterocycles. The van der Waals surface area contributed by atoms with Crippen molar-refractivity contribution in [3.8, 4) is 11.4 Å². The Labute approximate surface area is 118 Å². The summed E-state index contributed by atoms with van der Waals surface area (Å²) in [7, 11) is 0. The lowest BCUT2D eigenvalue weighted by molar-refractivity contribution is 1.33. The second kappa shape index (κ2) is 4.41. The first kappa shape index (κ1) is 11.8.